The summed E-state index contributed by atoms with van der Waals surface area (Å²) in [7, 11) is 0. The van der Waals surface area contributed by atoms with Gasteiger partial charge in [0.25, 0.3) is 5.56 Å². The number of piperidine rings is 1. The smallest absolute Gasteiger partial charge is 0.253 e. The normalized spacial score (nSPS) is 14.1. The first kappa shape index (κ1) is 17.8. The first-order valence-electron chi connectivity index (χ1n) is 8.69. The molecule has 1 aliphatic heterocycles. The van der Waals surface area contributed by atoms with Gasteiger partial charge in [0.1, 0.15) is 25.3 Å². The van der Waals surface area contributed by atoms with E-state index < -0.39 is 0 Å². The van der Waals surface area contributed by atoms with Gasteiger partial charge in [-0.25, -0.2) is 15.0 Å². The largest absolute Gasteiger partial charge is 0.476 e. The number of rotatable bonds is 7. The van der Waals surface area contributed by atoms with Crippen molar-refractivity contribution < 1.29 is 9.53 Å². The first-order chi connectivity index (χ1) is 12.7. The van der Waals surface area contributed by atoms with E-state index in [-0.39, 0.29) is 24.6 Å². The third-order valence-electron chi connectivity index (χ3n) is 4.09. The van der Waals surface area contributed by atoms with Crippen LogP contribution in [0.2, 0.25) is 0 Å². The minimum atomic E-state index is -0.277. The van der Waals surface area contributed by atoms with Crippen LogP contribution in [0.4, 0.5) is 5.82 Å². The summed E-state index contributed by atoms with van der Waals surface area (Å²) in [5, 5.41) is 2.70. The fourth-order valence-electron chi connectivity index (χ4n) is 2.76. The van der Waals surface area contributed by atoms with Gasteiger partial charge < -0.3 is 15.0 Å². The minimum absolute atomic E-state index is 0.0702. The number of carbonyl (C=O) groups excluding carboxylic acids is 1. The highest BCUT2D eigenvalue weighted by molar-refractivity contribution is 5.75. The van der Waals surface area contributed by atoms with Crippen molar-refractivity contribution in [2.75, 3.05) is 31.1 Å². The Bertz CT molecular complexity index is 788. The van der Waals surface area contributed by atoms with Crippen LogP contribution in [0.15, 0.2) is 35.8 Å². The molecule has 0 spiro atoms. The Kier molecular flexibility index (Phi) is 6.13. The molecular formula is C17H22N6O3. The maximum Gasteiger partial charge on any atom is 0.253 e. The minimum Gasteiger partial charge on any atom is -0.476 e. The van der Waals surface area contributed by atoms with E-state index in [2.05, 4.69) is 25.2 Å². The Morgan fingerprint density at radius 3 is 2.88 bits per heavy atom. The van der Waals surface area contributed by atoms with E-state index in [1.165, 1.54) is 48.7 Å². The summed E-state index contributed by atoms with van der Waals surface area (Å²) in [6.07, 6.45) is 7.83. The lowest BCUT2D eigenvalue weighted by Crippen LogP contribution is -2.34. The lowest BCUT2D eigenvalue weighted by atomic mass is 10.1. The average Bonchev–Trinajstić information content (AvgIpc) is 2.68. The maximum atomic E-state index is 11.9. The molecule has 0 atom stereocenters. The van der Waals surface area contributed by atoms with Crippen LogP contribution in [0.5, 0.6) is 5.88 Å². The predicted octanol–water partition coefficient (Wildman–Crippen LogP) is 0.219. The van der Waals surface area contributed by atoms with Crippen LogP contribution in [0.3, 0.4) is 0 Å². The van der Waals surface area contributed by atoms with Crippen molar-refractivity contribution >= 4 is 11.7 Å². The van der Waals surface area contributed by atoms with Gasteiger partial charge in [-0.05, 0) is 19.3 Å². The molecule has 9 heteroatoms. The Morgan fingerprint density at radius 1 is 1.23 bits per heavy atom. The third-order valence-corrected chi connectivity index (χ3v) is 4.09. The second kappa shape index (κ2) is 8.93. The van der Waals surface area contributed by atoms with Crippen LogP contribution < -0.4 is 20.5 Å². The maximum absolute atomic E-state index is 11.9. The third kappa shape index (κ3) is 5.01. The molecule has 26 heavy (non-hydrogen) atoms. The zero-order valence-corrected chi connectivity index (χ0v) is 14.5. The van der Waals surface area contributed by atoms with Crippen LogP contribution in [-0.2, 0) is 11.3 Å². The number of amides is 1. The molecule has 3 heterocycles. The van der Waals surface area contributed by atoms with Crippen molar-refractivity contribution in [2.24, 2.45) is 0 Å². The standard InChI is InChI=1S/C17H22N6O3/c24-15(11-23-13-18-5-4-17(23)25)19-6-9-26-16-10-14(20-12-21-16)22-7-2-1-3-8-22/h4-5,10,12-13H,1-3,6-9,11H2,(H,19,24). The molecule has 2 aromatic heterocycles. The molecule has 1 saturated heterocycles. The van der Waals surface area contributed by atoms with Crippen molar-refractivity contribution in [2.45, 2.75) is 25.8 Å². The van der Waals surface area contributed by atoms with Crippen LogP contribution in [0.25, 0.3) is 0 Å². The van der Waals surface area contributed by atoms with E-state index in [4.69, 9.17) is 4.74 Å². The number of nitrogens with zero attached hydrogens (tertiary/aromatic N) is 5. The summed E-state index contributed by atoms with van der Waals surface area (Å²) in [6.45, 7) is 2.53. The molecular weight excluding hydrogens is 336 g/mol. The zero-order valence-electron chi connectivity index (χ0n) is 14.5. The molecule has 0 aliphatic carbocycles. The van der Waals surface area contributed by atoms with E-state index in [1.54, 1.807) is 0 Å². The Balaban J connectivity index is 1.42. The molecule has 0 unspecified atom stereocenters. The van der Waals surface area contributed by atoms with E-state index in [1.807, 2.05) is 6.07 Å². The van der Waals surface area contributed by atoms with Crippen LogP contribution >= 0.6 is 0 Å². The summed E-state index contributed by atoms with van der Waals surface area (Å²) in [4.78, 5) is 37.8. The monoisotopic (exact) mass is 358 g/mol. The number of aromatic nitrogens is 4. The first-order valence-corrected chi connectivity index (χ1v) is 8.69. The van der Waals surface area contributed by atoms with Gasteiger partial charge >= 0.3 is 0 Å². The molecule has 3 rings (SSSR count). The Morgan fingerprint density at radius 2 is 2.08 bits per heavy atom. The van der Waals surface area contributed by atoms with Gasteiger partial charge in [-0.2, -0.15) is 0 Å². The molecule has 0 aromatic carbocycles. The van der Waals surface area contributed by atoms with Crippen LogP contribution in [-0.4, -0.2) is 51.7 Å². The number of hydrogen-bond acceptors (Lipinski definition) is 7. The molecule has 0 radical (unpaired) electrons. The Labute approximate surface area is 151 Å². The predicted molar refractivity (Wildman–Crippen MR) is 95.1 cm³/mol. The van der Waals surface area contributed by atoms with Crippen LogP contribution in [0, 0.1) is 0 Å². The van der Waals surface area contributed by atoms with Crippen molar-refractivity contribution in [1.29, 1.82) is 0 Å². The molecule has 1 aliphatic rings. The van der Waals surface area contributed by atoms with Gasteiger partial charge in [0, 0.05) is 31.4 Å². The highest BCUT2D eigenvalue weighted by atomic mass is 16.5. The summed E-state index contributed by atoms with van der Waals surface area (Å²) in [6, 6.07) is 3.13. The number of ether oxygens (including phenoxy) is 1. The summed E-state index contributed by atoms with van der Waals surface area (Å²) >= 11 is 0. The van der Waals surface area contributed by atoms with Crippen molar-refractivity contribution in [3.8, 4) is 5.88 Å². The highest BCUT2D eigenvalue weighted by Gasteiger charge is 2.13. The van der Waals surface area contributed by atoms with Gasteiger partial charge in [-0.3, -0.25) is 14.2 Å². The number of carbonyl (C=O) groups is 1. The van der Waals surface area contributed by atoms with Gasteiger partial charge in [0.2, 0.25) is 11.8 Å². The van der Waals surface area contributed by atoms with Gasteiger partial charge in [0.15, 0.2) is 0 Å². The highest BCUT2D eigenvalue weighted by Crippen LogP contribution is 2.19. The van der Waals surface area contributed by atoms with Crippen LogP contribution in [0.1, 0.15) is 19.3 Å². The quantitative estimate of drug-likeness (QED) is 0.706. The topological polar surface area (TPSA) is 102 Å². The molecule has 1 fully saturated rings. The molecule has 0 bridgehead atoms. The molecule has 1 N–H and O–H groups in total. The molecule has 138 valence electrons. The Hall–Kier alpha value is -2.97. The summed E-state index contributed by atoms with van der Waals surface area (Å²) in [5.74, 6) is 1.08. The SMILES string of the molecule is O=C(Cn1cnccc1=O)NCCOc1cc(N2CCCCC2)ncn1. The lowest BCUT2D eigenvalue weighted by molar-refractivity contribution is -0.121. The second-order valence-corrected chi connectivity index (χ2v) is 6.01. The average molecular weight is 358 g/mol. The molecule has 9 nitrogen and oxygen atoms in total. The van der Waals surface area contributed by atoms with Crippen molar-refractivity contribution in [1.82, 2.24) is 24.8 Å². The second-order valence-electron chi connectivity index (χ2n) is 6.01. The molecule has 1 amide bonds. The van der Waals surface area contributed by atoms with E-state index in [0.717, 1.165) is 18.9 Å². The molecule has 2 aromatic rings. The van der Waals surface area contributed by atoms with Gasteiger partial charge in [-0.1, -0.05) is 0 Å². The summed E-state index contributed by atoms with van der Waals surface area (Å²) < 4.78 is 6.83. The van der Waals surface area contributed by atoms with E-state index in [0.29, 0.717) is 12.4 Å². The number of nitrogens with one attached hydrogen (secondary N) is 1. The van der Waals surface area contributed by atoms with Gasteiger partial charge in [0.05, 0.1) is 12.9 Å². The van der Waals surface area contributed by atoms with Crippen molar-refractivity contribution in [3.05, 3.63) is 41.3 Å². The van der Waals surface area contributed by atoms with E-state index in [9.17, 15) is 9.59 Å². The summed E-state index contributed by atoms with van der Waals surface area (Å²) in [5.41, 5.74) is -0.266. The zero-order chi connectivity index (χ0) is 18.2. The van der Waals surface area contributed by atoms with E-state index >= 15 is 0 Å². The lowest BCUT2D eigenvalue weighted by Gasteiger charge is -2.27. The molecule has 0 saturated carbocycles. The number of anilines is 1. The fraction of sp³-hybridized carbons (Fsp3) is 0.471. The fourth-order valence-corrected chi connectivity index (χ4v) is 2.76. The number of hydrogen-bond donors (Lipinski definition) is 1. The van der Waals surface area contributed by atoms with Crippen molar-refractivity contribution in [3.63, 3.8) is 0 Å². The van der Waals surface area contributed by atoms with Gasteiger partial charge in [-0.15, -0.1) is 0 Å².